The minimum Gasteiger partial charge on any atom is -0.306 e. The van der Waals surface area contributed by atoms with Crippen LogP contribution >= 0.6 is 0 Å². The van der Waals surface area contributed by atoms with Gasteiger partial charge in [0.2, 0.25) is 0 Å². The number of rotatable bonds is 3. The lowest BCUT2D eigenvalue weighted by Crippen LogP contribution is -2.35. The van der Waals surface area contributed by atoms with Crippen molar-refractivity contribution in [1.82, 2.24) is 14.9 Å². The smallest absolute Gasteiger partial charge is 0.255 e. The highest BCUT2D eigenvalue weighted by Gasteiger charge is 2.21. The van der Waals surface area contributed by atoms with Gasteiger partial charge in [-0.1, -0.05) is 54.1 Å². The summed E-state index contributed by atoms with van der Waals surface area (Å²) in [5.41, 5.74) is 6.59. The highest BCUT2D eigenvalue weighted by Crippen LogP contribution is 2.21. The molecule has 2 aromatic carbocycles. The van der Waals surface area contributed by atoms with Crippen molar-refractivity contribution in [2.45, 2.75) is 33.4 Å². The van der Waals surface area contributed by atoms with Gasteiger partial charge < -0.3 is 4.98 Å². The van der Waals surface area contributed by atoms with Crippen LogP contribution in [0.2, 0.25) is 0 Å². The summed E-state index contributed by atoms with van der Waals surface area (Å²) < 4.78 is 0. The molecule has 3 aromatic rings. The van der Waals surface area contributed by atoms with E-state index >= 15 is 0 Å². The Labute approximate surface area is 153 Å². The number of hydrogen-bond donors (Lipinski definition) is 1. The van der Waals surface area contributed by atoms with Crippen LogP contribution in [0.5, 0.6) is 0 Å². The van der Waals surface area contributed by atoms with E-state index in [1.165, 1.54) is 16.7 Å². The Morgan fingerprint density at radius 1 is 1.12 bits per heavy atom. The van der Waals surface area contributed by atoms with Crippen LogP contribution in [0.1, 0.15) is 27.9 Å². The summed E-state index contributed by atoms with van der Waals surface area (Å²) in [4.78, 5) is 22.7. The van der Waals surface area contributed by atoms with E-state index in [2.05, 4.69) is 41.9 Å². The molecule has 4 heteroatoms. The first kappa shape index (κ1) is 16.7. The number of benzene rings is 2. The second-order valence-corrected chi connectivity index (χ2v) is 7.10. The summed E-state index contributed by atoms with van der Waals surface area (Å²) in [7, 11) is 0. The van der Waals surface area contributed by atoms with E-state index in [1.807, 2.05) is 30.3 Å². The fourth-order valence-corrected chi connectivity index (χ4v) is 3.61. The Bertz CT molecular complexity index is 992. The lowest BCUT2D eigenvalue weighted by atomic mass is 10.0. The van der Waals surface area contributed by atoms with Crippen LogP contribution in [0, 0.1) is 13.8 Å². The third kappa shape index (κ3) is 3.33. The number of nitrogens with zero attached hydrogens (tertiary/aromatic N) is 2. The maximum atomic E-state index is 12.6. The summed E-state index contributed by atoms with van der Waals surface area (Å²) >= 11 is 0. The van der Waals surface area contributed by atoms with Gasteiger partial charge in [-0.2, -0.15) is 0 Å². The third-order valence-corrected chi connectivity index (χ3v) is 5.09. The Balaban J connectivity index is 1.58. The van der Waals surface area contributed by atoms with Gasteiger partial charge >= 0.3 is 0 Å². The maximum absolute atomic E-state index is 12.6. The van der Waals surface area contributed by atoms with E-state index in [1.54, 1.807) is 0 Å². The van der Waals surface area contributed by atoms with Crippen molar-refractivity contribution in [3.63, 3.8) is 0 Å². The number of nitrogens with one attached hydrogen (secondary N) is 1. The molecule has 4 nitrogen and oxygen atoms in total. The predicted molar refractivity (Wildman–Crippen MR) is 104 cm³/mol. The summed E-state index contributed by atoms with van der Waals surface area (Å²) in [5, 5.41) is 0. The summed E-state index contributed by atoms with van der Waals surface area (Å²) in [5.74, 6) is 0.664. The van der Waals surface area contributed by atoms with Crippen LogP contribution in [0.15, 0.2) is 53.3 Å². The molecule has 0 radical (unpaired) electrons. The van der Waals surface area contributed by atoms with Gasteiger partial charge in [-0.25, -0.2) is 4.98 Å². The second kappa shape index (κ2) is 6.89. The first-order chi connectivity index (χ1) is 12.6. The minimum absolute atomic E-state index is 0.0146. The van der Waals surface area contributed by atoms with Gasteiger partial charge in [0.15, 0.2) is 0 Å². The highest BCUT2D eigenvalue weighted by molar-refractivity contribution is 5.54. The summed E-state index contributed by atoms with van der Waals surface area (Å²) in [6.07, 6.45) is 0.810. The van der Waals surface area contributed by atoms with E-state index < -0.39 is 0 Å². The monoisotopic (exact) mass is 345 g/mol. The zero-order valence-corrected chi connectivity index (χ0v) is 15.2. The van der Waals surface area contributed by atoms with Crippen LogP contribution in [-0.4, -0.2) is 21.4 Å². The first-order valence-corrected chi connectivity index (χ1v) is 9.06. The SMILES string of the molecule is Cc1ccc(CN2CCc3nc(-c4ccccc4)[nH]c(=O)c3C2)c(C)c1. The molecule has 1 N–H and O–H groups in total. The Hall–Kier alpha value is -2.72. The lowest BCUT2D eigenvalue weighted by Gasteiger charge is -2.28. The molecule has 0 bridgehead atoms. The van der Waals surface area contributed by atoms with Crippen molar-refractivity contribution in [3.05, 3.63) is 86.8 Å². The topological polar surface area (TPSA) is 49.0 Å². The largest absolute Gasteiger partial charge is 0.306 e. The number of hydrogen-bond acceptors (Lipinski definition) is 3. The van der Waals surface area contributed by atoms with Crippen molar-refractivity contribution in [2.24, 2.45) is 0 Å². The van der Waals surface area contributed by atoms with Crippen molar-refractivity contribution < 1.29 is 0 Å². The van der Waals surface area contributed by atoms with Crippen LogP contribution < -0.4 is 5.56 Å². The van der Waals surface area contributed by atoms with E-state index in [4.69, 9.17) is 4.98 Å². The van der Waals surface area contributed by atoms with E-state index in [9.17, 15) is 4.79 Å². The molecule has 0 saturated carbocycles. The Morgan fingerprint density at radius 3 is 2.69 bits per heavy atom. The Morgan fingerprint density at radius 2 is 1.92 bits per heavy atom. The minimum atomic E-state index is -0.0146. The standard InChI is InChI=1S/C22H23N3O/c1-15-8-9-18(16(2)12-15)13-25-11-10-20-19(14-25)22(26)24-21(23-20)17-6-4-3-5-7-17/h3-9,12H,10-11,13-14H2,1-2H3,(H,23,24,26). The second-order valence-electron chi connectivity index (χ2n) is 7.10. The lowest BCUT2D eigenvalue weighted by molar-refractivity contribution is 0.241. The summed E-state index contributed by atoms with van der Waals surface area (Å²) in [6.45, 7) is 6.71. The first-order valence-electron chi connectivity index (χ1n) is 9.06. The van der Waals surface area contributed by atoms with E-state index in [0.29, 0.717) is 12.4 Å². The average molecular weight is 345 g/mol. The van der Waals surface area contributed by atoms with Crippen LogP contribution in [-0.2, 0) is 19.5 Å². The van der Waals surface area contributed by atoms with Gasteiger partial charge in [0.05, 0.1) is 11.3 Å². The van der Waals surface area contributed by atoms with Crippen LogP contribution in [0.3, 0.4) is 0 Å². The van der Waals surface area contributed by atoms with Gasteiger partial charge in [-0.05, 0) is 25.0 Å². The molecule has 2 heterocycles. The summed E-state index contributed by atoms with van der Waals surface area (Å²) in [6, 6.07) is 16.4. The number of fused-ring (bicyclic) bond motifs is 1. The molecule has 1 aliphatic heterocycles. The number of H-pyrrole nitrogens is 1. The Kier molecular flexibility index (Phi) is 4.43. The molecule has 0 aliphatic carbocycles. The number of aromatic amines is 1. The highest BCUT2D eigenvalue weighted by atomic mass is 16.1. The van der Waals surface area contributed by atoms with Gasteiger partial charge in [0.1, 0.15) is 5.82 Å². The zero-order valence-electron chi connectivity index (χ0n) is 15.2. The normalized spacial score (nSPS) is 14.2. The molecule has 0 saturated heterocycles. The van der Waals surface area contributed by atoms with Gasteiger partial charge in [0.25, 0.3) is 5.56 Å². The van der Waals surface area contributed by atoms with Gasteiger partial charge in [0, 0.05) is 31.6 Å². The number of aryl methyl sites for hydroxylation is 2. The molecule has 0 atom stereocenters. The zero-order chi connectivity index (χ0) is 18.1. The molecule has 0 spiro atoms. The maximum Gasteiger partial charge on any atom is 0.255 e. The molecule has 1 aliphatic rings. The van der Waals surface area contributed by atoms with Crippen molar-refractivity contribution in [2.75, 3.05) is 6.54 Å². The van der Waals surface area contributed by atoms with Crippen LogP contribution in [0.25, 0.3) is 11.4 Å². The van der Waals surface area contributed by atoms with Crippen molar-refractivity contribution in [1.29, 1.82) is 0 Å². The fraction of sp³-hybridized carbons (Fsp3) is 0.273. The predicted octanol–water partition coefficient (Wildman–Crippen LogP) is 3.61. The quantitative estimate of drug-likeness (QED) is 0.789. The molecule has 0 fully saturated rings. The molecule has 0 amide bonds. The fourth-order valence-electron chi connectivity index (χ4n) is 3.61. The van der Waals surface area contributed by atoms with Crippen molar-refractivity contribution >= 4 is 0 Å². The molecular weight excluding hydrogens is 322 g/mol. The third-order valence-electron chi connectivity index (χ3n) is 5.09. The van der Waals surface area contributed by atoms with Crippen molar-refractivity contribution in [3.8, 4) is 11.4 Å². The van der Waals surface area contributed by atoms with Gasteiger partial charge in [-0.3, -0.25) is 9.69 Å². The molecule has 0 unspecified atom stereocenters. The molecule has 1 aromatic heterocycles. The molecule has 4 rings (SSSR count). The van der Waals surface area contributed by atoms with Crippen LogP contribution in [0.4, 0.5) is 0 Å². The van der Waals surface area contributed by atoms with E-state index in [-0.39, 0.29) is 5.56 Å². The molecule has 132 valence electrons. The molecule has 26 heavy (non-hydrogen) atoms. The number of aromatic nitrogens is 2. The molecular formula is C22H23N3O. The average Bonchev–Trinajstić information content (AvgIpc) is 2.65. The van der Waals surface area contributed by atoms with E-state index in [0.717, 1.165) is 36.3 Å². The van der Waals surface area contributed by atoms with Gasteiger partial charge in [-0.15, -0.1) is 0 Å².